The van der Waals surface area contributed by atoms with E-state index in [4.69, 9.17) is 22.7 Å². The predicted octanol–water partition coefficient (Wildman–Crippen LogP) is 4.73. The van der Waals surface area contributed by atoms with E-state index in [-0.39, 0.29) is 10.8 Å². The maximum absolute atomic E-state index is 5.97. The third-order valence-corrected chi connectivity index (χ3v) is 3.68. The van der Waals surface area contributed by atoms with Gasteiger partial charge in [-0.2, -0.15) is 0 Å². The molecule has 0 atom stereocenters. The molecule has 1 aromatic carbocycles. The molecule has 118 valence electrons. The standard InChI is InChI=1S/C18H29NOS/c1-17(2,3)13-9-10-15(14(12-13)18(4,5)6)20-11-7-8-16(19)21/h9-10,12H,7-8,11H2,1-6H3,(H2,19,21). The van der Waals surface area contributed by atoms with Crippen molar-refractivity contribution in [2.45, 2.75) is 65.2 Å². The summed E-state index contributed by atoms with van der Waals surface area (Å²) in [5.74, 6) is 0.971. The fraction of sp³-hybridized carbons (Fsp3) is 0.611. The zero-order valence-electron chi connectivity index (χ0n) is 14.2. The molecule has 0 aliphatic carbocycles. The van der Waals surface area contributed by atoms with Crippen LogP contribution in [0.1, 0.15) is 65.5 Å². The van der Waals surface area contributed by atoms with Crippen molar-refractivity contribution in [1.29, 1.82) is 0 Å². The van der Waals surface area contributed by atoms with Crippen LogP contribution in [0.3, 0.4) is 0 Å². The average molecular weight is 308 g/mol. The summed E-state index contributed by atoms with van der Waals surface area (Å²) in [6, 6.07) is 6.54. The van der Waals surface area contributed by atoms with Crippen LogP contribution in [0.25, 0.3) is 0 Å². The third-order valence-electron chi connectivity index (χ3n) is 3.48. The molecule has 21 heavy (non-hydrogen) atoms. The van der Waals surface area contributed by atoms with Gasteiger partial charge >= 0.3 is 0 Å². The molecule has 0 unspecified atom stereocenters. The molecule has 2 N–H and O–H groups in total. The van der Waals surface area contributed by atoms with Gasteiger partial charge in [0.1, 0.15) is 5.75 Å². The maximum Gasteiger partial charge on any atom is 0.123 e. The van der Waals surface area contributed by atoms with Crippen LogP contribution >= 0.6 is 12.2 Å². The van der Waals surface area contributed by atoms with Crippen molar-refractivity contribution in [3.8, 4) is 5.75 Å². The van der Waals surface area contributed by atoms with E-state index in [0.29, 0.717) is 11.6 Å². The van der Waals surface area contributed by atoms with Gasteiger partial charge < -0.3 is 10.5 Å². The Bertz CT molecular complexity index is 495. The number of benzene rings is 1. The summed E-state index contributed by atoms with van der Waals surface area (Å²) in [5, 5.41) is 0. The summed E-state index contributed by atoms with van der Waals surface area (Å²) >= 11 is 4.89. The molecular weight excluding hydrogens is 278 g/mol. The Morgan fingerprint density at radius 3 is 2.19 bits per heavy atom. The Morgan fingerprint density at radius 2 is 1.71 bits per heavy atom. The second-order valence-corrected chi connectivity index (χ2v) is 8.15. The zero-order chi connectivity index (χ0) is 16.3. The first-order valence-electron chi connectivity index (χ1n) is 7.58. The number of hydrogen-bond donors (Lipinski definition) is 1. The molecule has 1 rings (SSSR count). The van der Waals surface area contributed by atoms with Gasteiger partial charge in [-0.3, -0.25) is 0 Å². The van der Waals surface area contributed by atoms with Crippen molar-refractivity contribution in [3.05, 3.63) is 29.3 Å². The number of rotatable bonds is 5. The topological polar surface area (TPSA) is 35.2 Å². The van der Waals surface area contributed by atoms with E-state index in [1.807, 2.05) is 0 Å². The van der Waals surface area contributed by atoms with Crippen LogP contribution in [0.5, 0.6) is 5.75 Å². The van der Waals surface area contributed by atoms with Gasteiger partial charge in [0.2, 0.25) is 0 Å². The van der Waals surface area contributed by atoms with Crippen LogP contribution in [0.15, 0.2) is 18.2 Å². The number of thiocarbonyl (C=S) groups is 1. The van der Waals surface area contributed by atoms with E-state index in [1.54, 1.807) is 0 Å². The molecule has 3 heteroatoms. The van der Waals surface area contributed by atoms with Crippen molar-refractivity contribution in [2.24, 2.45) is 5.73 Å². The summed E-state index contributed by atoms with van der Waals surface area (Å²) in [7, 11) is 0. The minimum Gasteiger partial charge on any atom is -0.493 e. The van der Waals surface area contributed by atoms with Gasteiger partial charge in [0.25, 0.3) is 0 Å². The van der Waals surface area contributed by atoms with E-state index in [0.717, 1.165) is 18.6 Å². The van der Waals surface area contributed by atoms with Gasteiger partial charge in [-0.1, -0.05) is 65.9 Å². The lowest BCUT2D eigenvalue weighted by Gasteiger charge is -2.27. The van der Waals surface area contributed by atoms with Crippen LogP contribution in [0.4, 0.5) is 0 Å². The van der Waals surface area contributed by atoms with Gasteiger partial charge in [-0.05, 0) is 34.4 Å². The summed E-state index contributed by atoms with van der Waals surface area (Å²) in [6.45, 7) is 14.0. The lowest BCUT2D eigenvalue weighted by atomic mass is 9.80. The first-order valence-corrected chi connectivity index (χ1v) is 7.99. The molecule has 0 aliphatic heterocycles. The molecule has 0 bridgehead atoms. The smallest absolute Gasteiger partial charge is 0.123 e. The molecule has 0 saturated carbocycles. The second-order valence-electron chi connectivity index (χ2n) is 7.63. The molecule has 0 fully saturated rings. The zero-order valence-corrected chi connectivity index (χ0v) is 15.1. The van der Waals surface area contributed by atoms with Crippen LogP contribution in [-0.4, -0.2) is 11.6 Å². The van der Waals surface area contributed by atoms with Crippen molar-refractivity contribution in [2.75, 3.05) is 6.61 Å². The van der Waals surface area contributed by atoms with Crippen LogP contribution in [0.2, 0.25) is 0 Å². The molecule has 0 aromatic heterocycles. The van der Waals surface area contributed by atoms with E-state index < -0.39 is 0 Å². The largest absolute Gasteiger partial charge is 0.493 e. The van der Waals surface area contributed by atoms with Crippen LogP contribution in [0, 0.1) is 0 Å². The fourth-order valence-corrected chi connectivity index (χ4v) is 2.28. The van der Waals surface area contributed by atoms with Crippen molar-refractivity contribution < 1.29 is 4.74 Å². The molecule has 0 amide bonds. The number of hydrogen-bond acceptors (Lipinski definition) is 2. The average Bonchev–Trinajstić information content (AvgIpc) is 2.32. The van der Waals surface area contributed by atoms with Crippen molar-refractivity contribution >= 4 is 17.2 Å². The van der Waals surface area contributed by atoms with Crippen LogP contribution < -0.4 is 10.5 Å². The van der Waals surface area contributed by atoms with E-state index in [9.17, 15) is 0 Å². The third kappa shape index (κ3) is 5.66. The summed E-state index contributed by atoms with van der Waals surface area (Å²) in [6.07, 6.45) is 1.60. The molecule has 2 nitrogen and oxygen atoms in total. The van der Waals surface area contributed by atoms with Gasteiger partial charge in [0.05, 0.1) is 11.6 Å². The first kappa shape index (κ1) is 18.0. The fourth-order valence-electron chi connectivity index (χ4n) is 2.14. The maximum atomic E-state index is 5.97. The molecular formula is C18H29NOS. The van der Waals surface area contributed by atoms with Crippen molar-refractivity contribution in [1.82, 2.24) is 0 Å². The monoisotopic (exact) mass is 307 g/mol. The van der Waals surface area contributed by atoms with Gasteiger partial charge in [0, 0.05) is 6.42 Å². The molecule has 0 spiro atoms. The first-order chi connectivity index (χ1) is 9.51. The quantitative estimate of drug-likeness (QED) is 0.631. The van der Waals surface area contributed by atoms with Gasteiger partial charge in [-0.15, -0.1) is 0 Å². The molecule has 0 radical (unpaired) electrons. The SMILES string of the molecule is CC(C)(C)c1ccc(OCCCC(N)=S)c(C(C)(C)C)c1. The predicted molar refractivity (Wildman–Crippen MR) is 95.4 cm³/mol. The van der Waals surface area contributed by atoms with Crippen LogP contribution in [-0.2, 0) is 10.8 Å². The Hall–Kier alpha value is -1.09. The molecule has 0 saturated heterocycles. The number of nitrogens with two attached hydrogens (primary N) is 1. The normalized spacial score (nSPS) is 12.3. The lowest BCUT2D eigenvalue weighted by Crippen LogP contribution is -2.18. The van der Waals surface area contributed by atoms with E-state index in [1.165, 1.54) is 11.1 Å². The summed E-state index contributed by atoms with van der Waals surface area (Å²) in [4.78, 5) is 0.553. The summed E-state index contributed by atoms with van der Waals surface area (Å²) in [5.41, 5.74) is 8.30. The Balaban J connectivity index is 2.96. The molecule has 1 aromatic rings. The Morgan fingerprint density at radius 1 is 1.10 bits per heavy atom. The minimum absolute atomic E-state index is 0.0553. The Kier molecular flexibility index (Phi) is 5.80. The summed E-state index contributed by atoms with van der Waals surface area (Å²) < 4.78 is 5.97. The Labute approximate surface area is 135 Å². The van der Waals surface area contributed by atoms with Crippen molar-refractivity contribution in [3.63, 3.8) is 0 Å². The van der Waals surface area contributed by atoms with Gasteiger partial charge in [0.15, 0.2) is 0 Å². The second kappa shape index (κ2) is 6.78. The highest BCUT2D eigenvalue weighted by Gasteiger charge is 2.22. The number of ether oxygens (including phenoxy) is 1. The molecule has 0 heterocycles. The van der Waals surface area contributed by atoms with Gasteiger partial charge in [-0.25, -0.2) is 0 Å². The highest BCUT2D eigenvalue weighted by molar-refractivity contribution is 7.80. The highest BCUT2D eigenvalue weighted by Crippen LogP contribution is 2.35. The highest BCUT2D eigenvalue weighted by atomic mass is 32.1. The lowest BCUT2D eigenvalue weighted by molar-refractivity contribution is 0.305. The molecule has 0 aliphatic rings. The van der Waals surface area contributed by atoms with E-state index in [2.05, 4.69) is 59.7 Å². The minimum atomic E-state index is 0.0553. The van der Waals surface area contributed by atoms with E-state index >= 15 is 0 Å².